The third-order valence-corrected chi connectivity index (χ3v) is 4.48. The first-order valence-corrected chi connectivity index (χ1v) is 7.99. The number of amides is 1. The van der Waals surface area contributed by atoms with Gasteiger partial charge in [0, 0.05) is 24.1 Å². The van der Waals surface area contributed by atoms with Crippen LogP contribution in [0.1, 0.15) is 37.4 Å². The monoisotopic (exact) mass is 325 g/mol. The van der Waals surface area contributed by atoms with Gasteiger partial charge in [0.25, 0.3) is 0 Å². The third kappa shape index (κ3) is 2.81. The number of fused-ring (bicyclic) bond motifs is 1. The Morgan fingerprint density at radius 3 is 2.87 bits per heavy atom. The molecule has 0 aliphatic rings. The van der Waals surface area contributed by atoms with Crippen LogP contribution in [0.3, 0.4) is 0 Å². The van der Waals surface area contributed by atoms with Crippen LogP contribution in [0, 0.1) is 11.3 Å². The minimum atomic E-state index is -0.142. The summed E-state index contributed by atoms with van der Waals surface area (Å²) in [5.74, 6) is 0.150. The summed E-state index contributed by atoms with van der Waals surface area (Å²) in [4.78, 5) is 16.5. The van der Waals surface area contributed by atoms with Crippen LogP contribution in [-0.4, -0.2) is 20.5 Å². The molecule has 0 saturated carbocycles. The van der Waals surface area contributed by atoms with E-state index in [1.54, 1.807) is 16.6 Å². The van der Waals surface area contributed by atoms with E-state index in [0.717, 1.165) is 10.6 Å². The van der Waals surface area contributed by atoms with Gasteiger partial charge in [-0.25, -0.2) is 4.98 Å². The molecule has 6 nitrogen and oxygen atoms in total. The molecule has 23 heavy (non-hydrogen) atoms. The highest BCUT2D eigenvalue weighted by molar-refractivity contribution is 7.16. The van der Waals surface area contributed by atoms with Gasteiger partial charge in [0.2, 0.25) is 10.9 Å². The van der Waals surface area contributed by atoms with Crippen molar-refractivity contribution >= 4 is 27.9 Å². The van der Waals surface area contributed by atoms with E-state index in [4.69, 9.17) is 0 Å². The van der Waals surface area contributed by atoms with Crippen molar-refractivity contribution in [3.8, 4) is 17.3 Å². The first-order valence-electron chi connectivity index (χ1n) is 7.17. The fourth-order valence-corrected chi connectivity index (χ4v) is 3.15. The molecule has 3 rings (SSSR count). The summed E-state index contributed by atoms with van der Waals surface area (Å²) in [6.07, 6.45) is 0. The van der Waals surface area contributed by atoms with Crippen molar-refractivity contribution in [2.24, 2.45) is 0 Å². The third-order valence-electron chi connectivity index (χ3n) is 3.28. The highest BCUT2D eigenvalue weighted by Crippen LogP contribution is 2.30. The second-order valence-electron chi connectivity index (χ2n) is 5.47. The number of imidazole rings is 1. The number of carbonyl (C=O) groups excluding carboxylic acids is 1. The van der Waals surface area contributed by atoms with Crippen molar-refractivity contribution in [1.29, 1.82) is 5.26 Å². The fourth-order valence-electron chi connectivity index (χ4n) is 2.25. The summed E-state index contributed by atoms with van der Waals surface area (Å²) < 4.78 is 1.60. The molecule has 0 bridgehead atoms. The van der Waals surface area contributed by atoms with Crippen molar-refractivity contribution in [3.05, 3.63) is 35.0 Å². The van der Waals surface area contributed by atoms with Crippen molar-refractivity contribution < 1.29 is 4.79 Å². The summed E-state index contributed by atoms with van der Waals surface area (Å²) in [7, 11) is 0. The van der Waals surface area contributed by atoms with E-state index in [9.17, 15) is 10.1 Å². The molecule has 2 heterocycles. The van der Waals surface area contributed by atoms with Crippen molar-refractivity contribution in [2.45, 2.75) is 26.7 Å². The molecule has 0 unspecified atom stereocenters. The van der Waals surface area contributed by atoms with Gasteiger partial charge in [-0.15, -0.1) is 0 Å². The van der Waals surface area contributed by atoms with E-state index in [1.165, 1.54) is 18.3 Å². The zero-order valence-electron chi connectivity index (χ0n) is 13.0. The van der Waals surface area contributed by atoms with Gasteiger partial charge in [0.05, 0.1) is 0 Å². The molecule has 0 radical (unpaired) electrons. The average molecular weight is 325 g/mol. The topological polar surface area (TPSA) is 83.1 Å². The Labute approximate surface area is 137 Å². The van der Waals surface area contributed by atoms with Gasteiger partial charge in [-0.2, -0.15) is 14.9 Å². The molecule has 0 aliphatic heterocycles. The SMILES string of the molecule is CC(=O)Nc1cccc(-c2nc3sc(C(C)C)nn3c2C#N)c1. The average Bonchev–Trinajstić information content (AvgIpc) is 3.03. The molecule has 1 N–H and O–H groups in total. The van der Waals surface area contributed by atoms with Crippen LogP contribution in [0.25, 0.3) is 16.2 Å². The van der Waals surface area contributed by atoms with Gasteiger partial charge >= 0.3 is 0 Å². The molecule has 0 spiro atoms. The molecule has 0 aliphatic carbocycles. The Morgan fingerprint density at radius 1 is 1.43 bits per heavy atom. The summed E-state index contributed by atoms with van der Waals surface area (Å²) in [6, 6.07) is 9.47. The van der Waals surface area contributed by atoms with E-state index in [0.29, 0.717) is 28.0 Å². The summed E-state index contributed by atoms with van der Waals surface area (Å²) in [5, 5.41) is 17.7. The predicted molar refractivity (Wildman–Crippen MR) is 89.4 cm³/mol. The largest absolute Gasteiger partial charge is 0.326 e. The molecule has 3 aromatic rings. The van der Waals surface area contributed by atoms with Gasteiger partial charge in [0.1, 0.15) is 16.8 Å². The number of carbonyl (C=O) groups is 1. The predicted octanol–water partition coefficient (Wildman–Crippen LogP) is 3.41. The minimum absolute atomic E-state index is 0.142. The number of hydrogen-bond acceptors (Lipinski definition) is 5. The summed E-state index contributed by atoms with van der Waals surface area (Å²) >= 11 is 1.49. The number of nitrogens with one attached hydrogen (secondary N) is 1. The number of anilines is 1. The molecule has 0 fully saturated rings. The number of rotatable bonds is 3. The maximum Gasteiger partial charge on any atom is 0.221 e. The number of nitrogens with zero attached hydrogens (tertiary/aromatic N) is 4. The molecule has 7 heteroatoms. The Kier molecular flexibility index (Phi) is 3.84. The number of hydrogen-bond donors (Lipinski definition) is 1. The van der Waals surface area contributed by atoms with E-state index in [-0.39, 0.29) is 5.91 Å². The second-order valence-corrected chi connectivity index (χ2v) is 6.46. The normalized spacial score (nSPS) is 10.9. The molecule has 0 saturated heterocycles. The van der Waals surface area contributed by atoms with Crippen LogP contribution in [0.15, 0.2) is 24.3 Å². The van der Waals surface area contributed by atoms with Crippen LogP contribution in [-0.2, 0) is 4.79 Å². The quantitative estimate of drug-likeness (QED) is 0.800. The molecule has 1 aromatic carbocycles. The van der Waals surface area contributed by atoms with Crippen LogP contribution in [0.4, 0.5) is 5.69 Å². The number of aromatic nitrogens is 3. The Hall–Kier alpha value is -2.72. The Bertz CT molecular complexity index is 932. The lowest BCUT2D eigenvalue weighted by molar-refractivity contribution is -0.114. The van der Waals surface area contributed by atoms with Crippen molar-refractivity contribution in [3.63, 3.8) is 0 Å². The highest BCUT2D eigenvalue weighted by atomic mass is 32.1. The standard InChI is InChI=1S/C16H15N5OS/c1-9(2)15-20-21-13(8-17)14(19-16(21)23-15)11-5-4-6-12(7-11)18-10(3)22/h4-7,9H,1-3H3,(H,18,22). The van der Waals surface area contributed by atoms with E-state index < -0.39 is 0 Å². The molecule has 1 amide bonds. The zero-order chi connectivity index (χ0) is 16.6. The van der Waals surface area contributed by atoms with Gasteiger partial charge in [0.15, 0.2) is 5.69 Å². The number of benzene rings is 1. The molecule has 0 atom stereocenters. The minimum Gasteiger partial charge on any atom is -0.326 e. The summed E-state index contributed by atoms with van der Waals surface area (Å²) in [6.45, 7) is 5.57. The maximum absolute atomic E-state index is 11.2. The Balaban J connectivity index is 2.11. The molecular formula is C16H15N5OS. The van der Waals surface area contributed by atoms with E-state index >= 15 is 0 Å². The molecular weight excluding hydrogens is 310 g/mol. The van der Waals surface area contributed by atoms with Crippen LogP contribution < -0.4 is 5.32 Å². The summed E-state index contributed by atoms with van der Waals surface area (Å²) in [5.41, 5.74) is 2.43. The number of nitriles is 1. The lowest BCUT2D eigenvalue weighted by Crippen LogP contribution is -2.05. The first kappa shape index (κ1) is 15.2. The molecule has 2 aromatic heterocycles. The maximum atomic E-state index is 11.2. The first-order chi connectivity index (χ1) is 11.0. The lowest BCUT2D eigenvalue weighted by Gasteiger charge is -2.04. The molecule has 116 valence electrons. The van der Waals surface area contributed by atoms with Gasteiger partial charge < -0.3 is 5.32 Å². The lowest BCUT2D eigenvalue weighted by atomic mass is 10.1. The highest BCUT2D eigenvalue weighted by Gasteiger charge is 2.19. The van der Waals surface area contributed by atoms with Gasteiger partial charge in [-0.05, 0) is 12.1 Å². The van der Waals surface area contributed by atoms with E-state index in [1.807, 2.05) is 12.1 Å². The fraction of sp³-hybridized carbons (Fsp3) is 0.250. The van der Waals surface area contributed by atoms with Crippen LogP contribution >= 0.6 is 11.3 Å². The smallest absolute Gasteiger partial charge is 0.221 e. The van der Waals surface area contributed by atoms with Crippen molar-refractivity contribution in [2.75, 3.05) is 5.32 Å². The Morgan fingerprint density at radius 2 is 2.22 bits per heavy atom. The van der Waals surface area contributed by atoms with Gasteiger partial charge in [-0.3, -0.25) is 4.79 Å². The van der Waals surface area contributed by atoms with Crippen LogP contribution in [0.2, 0.25) is 0 Å². The second kappa shape index (κ2) is 5.82. The van der Waals surface area contributed by atoms with E-state index in [2.05, 4.69) is 35.3 Å². The van der Waals surface area contributed by atoms with Gasteiger partial charge in [-0.1, -0.05) is 37.3 Å². The van der Waals surface area contributed by atoms with Crippen molar-refractivity contribution in [1.82, 2.24) is 14.6 Å². The van der Waals surface area contributed by atoms with Crippen LogP contribution in [0.5, 0.6) is 0 Å². The zero-order valence-corrected chi connectivity index (χ0v) is 13.8.